The van der Waals surface area contributed by atoms with E-state index in [0.29, 0.717) is 21.7 Å². The molecule has 146 valence electrons. The molecule has 0 aliphatic heterocycles. The minimum atomic E-state index is -0.0131. The van der Waals surface area contributed by atoms with Crippen molar-refractivity contribution in [3.63, 3.8) is 0 Å². The molecule has 6 heteroatoms. The summed E-state index contributed by atoms with van der Waals surface area (Å²) in [5, 5.41) is 3.10. The van der Waals surface area contributed by atoms with Gasteiger partial charge in [0.05, 0.1) is 0 Å². The number of nitrogens with zero attached hydrogens (tertiary/aromatic N) is 2. The minimum absolute atomic E-state index is 0.0131. The molecule has 1 aromatic carbocycles. The predicted molar refractivity (Wildman–Crippen MR) is 115 cm³/mol. The topological polar surface area (TPSA) is 23.6 Å². The Hall–Kier alpha value is -1.07. The molecule has 0 spiro atoms. The van der Waals surface area contributed by atoms with Crippen LogP contribution in [-0.4, -0.2) is 41.9 Å². The molecule has 1 fully saturated rings. The van der Waals surface area contributed by atoms with E-state index >= 15 is 0 Å². The summed E-state index contributed by atoms with van der Waals surface area (Å²) in [7, 11) is 4.09. The molecular weight excluding hydrogens is 399 g/mol. The summed E-state index contributed by atoms with van der Waals surface area (Å²) in [6.45, 7) is 0.920. The lowest BCUT2D eigenvalue weighted by Crippen LogP contribution is -2.50. The third kappa shape index (κ3) is 5.26. The van der Waals surface area contributed by atoms with Gasteiger partial charge in [-0.25, -0.2) is 0 Å². The Kier molecular flexibility index (Phi) is 7.21. The lowest BCUT2D eigenvalue weighted by atomic mass is 9.99. The minimum Gasteiger partial charge on any atom is -0.337 e. The zero-order chi connectivity index (χ0) is 19.4. The lowest BCUT2D eigenvalue weighted by molar-refractivity contribution is 0.0577. The van der Waals surface area contributed by atoms with Crippen molar-refractivity contribution in [3.8, 4) is 0 Å². The van der Waals surface area contributed by atoms with E-state index in [1.807, 2.05) is 11.9 Å². The average Bonchev–Trinajstić information content (AvgIpc) is 3.01. The quantitative estimate of drug-likeness (QED) is 0.552. The van der Waals surface area contributed by atoms with E-state index in [9.17, 15) is 4.79 Å². The first-order chi connectivity index (χ1) is 13.0. The Morgan fingerprint density at radius 3 is 2.37 bits per heavy atom. The summed E-state index contributed by atoms with van der Waals surface area (Å²) in [4.78, 5) is 18.8. The second-order valence-electron chi connectivity index (χ2n) is 7.34. The number of carbonyl (C=O) groups excluding carboxylic acids is 1. The van der Waals surface area contributed by atoms with Gasteiger partial charge in [-0.05, 0) is 49.5 Å². The van der Waals surface area contributed by atoms with Crippen LogP contribution >= 0.6 is 34.5 Å². The van der Waals surface area contributed by atoms with Crippen molar-refractivity contribution in [2.24, 2.45) is 0 Å². The zero-order valence-corrected chi connectivity index (χ0v) is 18.2. The van der Waals surface area contributed by atoms with Crippen molar-refractivity contribution in [1.29, 1.82) is 0 Å². The van der Waals surface area contributed by atoms with Crippen LogP contribution < -0.4 is 0 Å². The van der Waals surface area contributed by atoms with Crippen molar-refractivity contribution >= 4 is 40.4 Å². The van der Waals surface area contributed by atoms with Crippen molar-refractivity contribution in [3.05, 3.63) is 56.2 Å². The lowest BCUT2D eigenvalue weighted by Gasteiger charge is -2.38. The molecule has 0 radical (unpaired) electrons. The van der Waals surface area contributed by atoms with Crippen molar-refractivity contribution < 1.29 is 4.79 Å². The standard InChI is InChI=1S/C21H26Cl2N2OS/c1-24(14-18-7-6-10-27-18)19-8-4-3-5-9-20(19)25(2)21(26)15-11-16(22)13-17(23)12-15/h6-7,10-13,19-20H,3-5,8-9,14H2,1-2H3/t19-,20-/m1/s1. The van der Waals surface area contributed by atoms with Crippen LogP contribution in [0.5, 0.6) is 0 Å². The number of carbonyl (C=O) groups is 1. The fraction of sp³-hybridized carbons (Fsp3) is 0.476. The second kappa shape index (κ2) is 9.42. The van der Waals surface area contributed by atoms with Crippen LogP contribution in [-0.2, 0) is 6.54 Å². The van der Waals surface area contributed by atoms with Gasteiger partial charge < -0.3 is 4.90 Å². The molecule has 3 nitrogen and oxygen atoms in total. The van der Waals surface area contributed by atoms with Gasteiger partial charge in [0.25, 0.3) is 5.91 Å². The number of benzene rings is 1. The molecule has 0 N–H and O–H groups in total. The van der Waals surface area contributed by atoms with E-state index in [2.05, 4.69) is 29.5 Å². The summed E-state index contributed by atoms with van der Waals surface area (Å²) < 4.78 is 0. The number of rotatable bonds is 5. The smallest absolute Gasteiger partial charge is 0.254 e. The van der Waals surface area contributed by atoms with Gasteiger partial charge in [0.15, 0.2) is 0 Å². The number of hydrogen-bond donors (Lipinski definition) is 0. The van der Waals surface area contributed by atoms with E-state index in [4.69, 9.17) is 23.2 Å². The van der Waals surface area contributed by atoms with Crippen LogP contribution in [0.4, 0.5) is 0 Å². The monoisotopic (exact) mass is 424 g/mol. The van der Waals surface area contributed by atoms with Crippen LogP contribution in [0, 0.1) is 0 Å². The fourth-order valence-electron chi connectivity index (χ4n) is 4.03. The molecule has 2 atom stereocenters. The van der Waals surface area contributed by atoms with Gasteiger partial charge in [0.1, 0.15) is 0 Å². The van der Waals surface area contributed by atoms with Crippen molar-refractivity contribution in [2.45, 2.75) is 50.7 Å². The van der Waals surface area contributed by atoms with Gasteiger partial charge in [-0.2, -0.15) is 0 Å². The van der Waals surface area contributed by atoms with Crippen LogP contribution in [0.15, 0.2) is 35.7 Å². The molecule has 2 aromatic rings. The van der Waals surface area contributed by atoms with Gasteiger partial charge in [0.2, 0.25) is 0 Å². The Labute approximate surface area is 175 Å². The SMILES string of the molecule is CN(Cc1cccs1)[C@@H]1CCCCC[C@H]1N(C)C(=O)c1cc(Cl)cc(Cl)c1. The maximum atomic E-state index is 13.1. The van der Waals surface area contributed by atoms with E-state index in [1.165, 1.54) is 17.7 Å². The van der Waals surface area contributed by atoms with Gasteiger partial charge in [-0.15, -0.1) is 11.3 Å². The molecule has 1 amide bonds. The second-order valence-corrected chi connectivity index (χ2v) is 9.25. The van der Waals surface area contributed by atoms with Gasteiger partial charge in [-0.1, -0.05) is 48.5 Å². The Morgan fingerprint density at radius 1 is 1.07 bits per heavy atom. The summed E-state index contributed by atoms with van der Waals surface area (Å²) in [6.07, 6.45) is 5.73. The Bertz CT molecular complexity index is 745. The van der Waals surface area contributed by atoms with Crippen molar-refractivity contribution in [2.75, 3.05) is 14.1 Å². The summed E-state index contributed by atoms with van der Waals surface area (Å²) in [5.41, 5.74) is 0.555. The van der Waals surface area contributed by atoms with Crippen LogP contribution in [0.3, 0.4) is 0 Å². The summed E-state index contributed by atoms with van der Waals surface area (Å²) in [5.74, 6) is -0.0131. The normalized spacial score (nSPS) is 20.5. The Balaban J connectivity index is 1.80. The predicted octanol–water partition coefficient (Wildman–Crippen LogP) is 5.96. The number of likely N-dealkylation sites (N-methyl/N-ethyl adjacent to an activating group) is 2. The third-order valence-corrected chi connectivity index (χ3v) is 6.72. The van der Waals surface area contributed by atoms with Gasteiger partial charge in [-0.3, -0.25) is 9.69 Å². The number of thiophene rings is 1. The molecule has 27 heavy (non-hydrogen) atoms. The van der Waals surface area contributed by atoms with Gasteiger partial charge in [0, 0.05) is 46.2 Å². The molecule has 0 unspecified atom stereocenters. The molecule has 1 heterocycles. The molecule has 1 aliphatic rings. The first kappa shape index (κ1) is 20.7. The molecular formula is C21H26Cl2N2OS. The van der Waals surface area contributed by atoms with Crippen LogP contribution in [0.25, 0.3) is 0 Å². The highest BCUT2D eigenvalue weighted by molar-refractivity contribution is 7.09. The highest BCUT2D eigenvalue weighted by Gasteiger charge is 2.32. The highest BCUT2D eigenvalue weighted by Crippen LogP contribution is 2.28. The summed E-state index contributed by atoms with van der Waals surface area (Å²) in [6, 6.07) is 9.86. The van der Waals surface area contributed by atoms with Crippen LogP contribution in [0.1, 0.15) is 47.3 Å². The number of amides is 1. The first-order valence-corrected chi connectivity index (χ1v) is 11.0. The van der Waals surface area contributed by atoms with Gasteiger partial charge >= 0.3 is 0 Å². The fourth-order valence-corrected chi connectivity index (χ4v) is 5.32. The number of hydrogen-bond acceptors (Lipinski definition) is 3. The van der Waals surface area contributed by atoms with Crippen molar-refractivity contribution in [1.82, 2.24) is 9.80 Å². The maximum Gasteiger partial charge on any atom is 0.254 e. The largest absolute Gasteiger partial charge is 0.337 e. The molecule has 0 saturated heterocycles. The van der Waals surface area contributed by atoms with E-state index in [-0.39, 0.29) is 11.9 Å². The van der Waals surface area contributed by atoms with Crippen LogP contribution in [0.2, 0.25) is 10.0 Å². The maximum absolute atomic E-state index is 13.1. The first-order valence-electron chi connectivity index (χ1n) is 9.41. The molecule has 1 aromatic heterocycles. The average molecular weight is 425 g/mol. The van der Waals surface area contributed by atoms with E-state index < -0.39 is 0 Å². The molecule has 1 saturated carbocycles. The number of halogens is 2. The zero-order valence-electron chi connectivity index (χ0n) is 15.8. The van der Waals surface area contributed by atoms with E-state index in [0.717, 1.165) is 25.8 Å². The molecule has 1 aliphatic carbocycles. The molecule has 3 rings (SSSR count). The Morgan fingerprint density at radius 2 is 1.74 bits per heavy atom. The van der Waals surface area contributed by atoms with E-state index in [1.54, 1.807) is 29.5 Å². The third-order valence-electron chi connectivity index (χ3n) is 5.42. The highest BCUT2D eigenvalue weighted by atomic mass is 35.5. The summed E-state index contributed by atoms with van der Waals surface area (Å²) >= 11 is 14.0. The molecule has 0 bridgehead atoms.